The number of benzene rings is 1. The van der Waals surface area contributed by atoms with Crippen LogP contribution in [0.3, 0.4) is 0 Å². The Kier molecular flexibility index (Phi) is 5.43. The predicted octanol–water partition coefficient (Wildman–Crippen LogP) is 1.01. The van der Waals surface area contributed by atoms with Gasteiger partial charge in [0.1, 0.15) is 11.4 Å². The van der Waals surface area contributed by atoms with Crippen LogP contribution in [0.25, 0.3) is 0 Å². The summed E-state index contributed by atoms with van der Waals surface area (Å²) in [5.74, 6) is -0.766. The number of methoxy groups -OCH3 is 1. The first-order chi connectivity index (χ1) is 10.5. The van der Waals surface area contributed by atoms with E-state index < -0.39 is 29.3 Å². The lowest BCUT2D eigenvalue weighted by molar-refractivity contribution is -0.151. The first kappa shape index (κ1) is 16.4. The number of thioether (sulfide) groups is 1. The number of carbonyl (C=O) groups excluding carboxylic acids is 3. The molecule has 3 unspecified atom stereocenters. The predicted molar refractivity (Wildman–Crippen MR) is 81.5 cm³/mol. The van der Waals surface area contributed by atoms with Gasteiger partial charge in [0, 0.05) is 18.2 Å². The van der Waals surface area contributed by atoms with Crippen LogP contribution in [0.1, 0.15) is 17.3 Å². The van der Waals surface area contributed by atoms with Gasteiger partial charge < -0.3 is 14.8 Å². The van der Waals surface area contributed by atoms with Crippen molar-refractivity contribution in [1.29, 1.82) is 0 Å². The van der Waals surface area contributed by atoms with E-state index in [0.29, 0.717) is 11.3 Å². The molecule has 1 fully saturated rings. The number of amides is 1. The molecule has 3 atom stereocenters. The van der Waals surface area contributed by atoms with Gasteiger partial charge in [-0.2, -0.15) is 0 Å². The summed E-state index contributed by atoms with van der Waals surface area (Å²) in [5, 5.41) is 2.19. The van der Waals surface area contributed by atoms with Crippen LogP contribution in [-0.4, -0.2) is 48.1 Å². The van der Waals surface area contributed by atoms with Crippen molar-refractivity contribution in [3.63, 3.8) is 0 Å². The summed E-state index contributed by atoms with van der Waals surface area (Å²) >= 11 is 1.30. The molecule has 0 spiro atoms. The molecule has 1 heterocycles. The number of carbonyl (C=O) groups is 3. The van der Waals surface area contributed by atoms with Crippen LogP contribution >= 0.6 is 11.8 Å². The van der Waals surface area contributed by atoms with Gasteiger partial charge in [0.05, 0.1) is 13.2 Å². The van der Waals surface area contributed by atoms with E-state index in [4.69, 9.17) is 9.47 Å². The molecular weight excluding hydrogens is 306 g/mol. The molecule has 1 aromatic rings. The van der Waals surface area contributed by atoms with Gasteiger partial charge >= 0.3 is 11.9 Å². The third-order valence-corrected chi connectivity index (χ3v) is 4.61. The highest BCUT2D eigenvalue weighted by Crippen LogP contribution is 2.31. The third-order valence-electron chi connectivity index (χ3n) is 3.24. The molecule has 1 N–H and O–H groups in total. The zero-order valence-corrected chi connectivity index (χ0v) is 13.1. The molecule has 1 amide bonds. The summed E-state index contributed by atoms with van der Waals surface area (Å²) in [4.78, 5) is 35.2. The molecule has 1 aromatic carbocycles. The van der Waals surface area contributed by atoms with Crippen molar-refractivity contribution in [1.82, 2.24) is 5.32 Å². The fourth-order valence-electron chi connectivity index (χ4n) is 2.23. The van der Waals surface area contributed by atoms with Crippen LogP contribution in [0.15, 0.2) is 30.3 Å². The van der Waals surface area contributed by atoms with Gasteiger partial charge in [0.2, 0.25) is 0 Å². The average molecular weight is 323 g/mol. The lowest BCUT2D eigenvalue weighted by Crippen LogP contribution is -2.48. The van der Waals surface area contributed by atoms with E-state index in [-0.39, 0.29) is 5.91 Å². The highest BCUT2D eigenvalue weighted by atomic mass is 32.2. The highest BCUT2D eigenvalue weighted by Gasteiger charge is 2.44. The molecule has 6 nitrogen and oxygen atoms in total. The van der Waals surface area contributed by atoms with Gasteiger partial charge in [-0.15, -0.1) is 11.8 Å². The molecular formula is C15H17NO5S. The molecule has 0 aliphatic carbocycles. The van der Waals surface area contributed by atoms with Crippen LogP contribution in [0, 0.1) is 0 Å². The van der Waals surface area contributed by atoms with Crippen LogP contribution in [0.4, 0.5) is 0 Å². The summed E-state index contributed by atoms with van der Waals surface area (Å²) in [6.45, 7) is 1.27. The van der Waals surface area contributed by atoms with Crippen molar-refractivity contribution < 1.29 is 23.9 Å². The van der Waals surface area contributed by atoms with E-state index in [1.807, 2.05) is 6.07 Å². The second kappa shape index (κ2) is 7.31. The summed E-state index contributed by atoms with van der Waals surface area (Å²) in [6.07, 6.45) is -0.734. The van der Waals surface area contributed by atoms with E-state index in [1.54, 1.807) is 24.3 Å². The quantitative estimate of drug-likeness (QED) is 0.833. The molecule has 7 heteroatoms. The second-order valence-corrected chi connectivity index (χ2v) is 5.97. The highest BCUT2D eigenvalue weighted by molar-refractivity contribution is 8.01. The van der Waals surface area contributed by atoms with Crippen molar-refractivity contribution >= 4 is 29.6 Å². The van der Waals surface area contributed by atoms with Gasteiger partial charge in [-0.25, -0.2) is 0 Å². The van der Waals surface area contributed by atoms with Crippen molar-refractivity contribution in [2.24, 2.45) is 0 Å². The Morgan fingerprint density at radius 2 is 1.91 bits per heavy atom. The van der Waals surface area contributed by atoms with Crippen molar-refractivity contribution in [2.45, 2.75) is 24.3 Å². The molecule has 1 saturated heterocycles. The topological polar surface area (TPSA) is 81.7 Å². The minimum Gasteiger partial charge on any atom is -0.468 e. The Hall–Kier alpha value is -2.02. The molecule has 2 rings (SSSR count). The summed E-state index contributed by atoms with van der Waals surface area (Å²) < 4.78 is 9.94. The van der Waals surface area contributed by atoms with Crippen LogP contribution in [-0.2, 0) is 19.1 Å². The van der Waals surface area contributed by atoms with E-state index in [9.17, 15) is 14.4 Å². The first-order valence-electron chi connectivity index (χ1n) is 6.75. The Labute approximate surface area is 132 Å². The largest absolute Gasteiger partial charge is 0.468 e. The first-order valence-corrected chi connectivity index (χ1v) is 7.80. The SMILES string of the molecule is COC(=O)C1SCC(NC(=O)c2ccccc2)C1OC(C)=O. The molecule has 1 aliphatic rings. The summed E-state index contributed by atoms with van der Waals surface area (Å²) in [5.41, 5.74) is 0.510. The average Bonchev–Trinajstić information content (AvgIpc) is 2.89. The Morgan fingerprint density at radius 3 is 2.50 bits per heavy atom. The van der Waals surface area contributed by atoms with Gasteiger partial charge in [-0.1, -0.05) is 18.2 Å². The lowest BCUT2D eigenvalue weighted by Gasteiger charge is -2.23. The molecule has 1 aliphatic heterocycles. The van der Waals surface area contributed by atoms with Gasteiger partial charge in [-0.05, 0) is 12.1 Å². The maximum absolute atomic E-state index is 12.2. The van der Waals surface area contributed by atoms with Gasteiger partial charge in [-0.3, -0.25) is 14.4 Å². The number of esters is 2. The number of hydrogen-bond donors (Lipinski definition) is 1. The number of ether oxygens (including phenoxy) is 2. The number of rotatable bonds is 4. The van der Waals surface area contributed by atoms with E-state index in [1.165, 1.54) is 25.8 Å². The smallest absolute Gasteiger partial charge is 0.322 e. The molecule has 118 valence electrons. The van der Waals surface area contributed by atoms with E-state index in [0.717, 1.165) is 0 Å². The standard InChI is InChI=1S/C15H17NO5S/c1-9(17)21-12-11(8-22-13(12)15(19)20-2)16-14(18)10-6-4-3-5-7-10/h3-7,11-13H,8H2,1-2H3,(H,16,18). The summed E-state index contributed by atoms with van der Waals surface area (Å²) in [7, 11) is 1.28. The Bertz CT molecular complexity index is 562. The zero-order valence-electron chi connectivity index (χ0n) is 12.3. The Morgan fingerprint density at radius 1 is 1.23 bits per heavy atom. The van der Waals surface area contributed by atoms with Gasteiger partial charge in [0.25, 0.3) is 5.91 Å². The molecule has 0 bridgehead atoms. The minimum absolute atomic E-state index is 0.270. The molecule has 0 radical (unpaired) electrons. The summed E-state index contributed by atoms with van der Waals surface area (Å²) in [6, 6.07) is 8.28. The van der Waals surface area contributed by atoms with Crippen molar-refractivity contribution in [2.75, 3.05) is 12.9 Å². The fraction of sp³-hybridized carbons (Fsp3) is 0.400. The third kappa shape index (κ3) is 3.79. The maximum Gasteiger partial charge on any atom is 0.322 e. The normalized spacial score (nSPS) is 23.6. The second-order valence-electron chi connectivity index (χ2n) is 4.80. The van der Waals surface area contributed by atoms with Crippen molar-refractivity contribution in [3.05, 3.63) is 35.9 Å². The Balaban J connectivity index is 2.10. The number of hydrogen-bond acceptors (Lipinski definition) is 6. The lowest BCUT2D eigenvalue weighted by atomic mass is 10.1. The fourth-order valence-corrected chi connectivity index (χ4v) is 3.58. The van der Waals surface area contributed by atoms with Crippen LogP contribution in [0.5, 0.6) is 0 Å². The number of nitrogens with one attached hydrogen (secondary N) is 1. The van der Waals surface area contributed by atoms with Crippen LogP contribution in [0.2, 0.25) is 0 Å². The monoisotopic (exact) mass is 323 g/mol. The van der Waals surface area contributed by atoms with E-state index >= 15 is 0 Å². The molecule has 0 aromatic heterocycles. The van der Waals surface area contributed by atoms with Crippen molar-refractivity contribution in [3.8, 4) is 0 Å². The molecule has 0 saturated carbocycles. The maximum atomic E-state index is 12.2. The zero-order chi connectivity index (χ0) is 16.1. The van der Waals surface area contributed by atoms with Gasteiger partial charge in [0.15, 0.2) is 0 Å². The van der Waals surface area contributed by atoms with Crippen LogP contribution < -0.4 is 5.32 Å². The molecule has 22 heavy (non-hydrogen) atoms. The van der Waals surface area contributed by atoms with E-state index in [2.05, 4.69) is 5.32 Å². The minimum atomic E-state index is -0.734.